The maximum atomic E-state index is 11.9. The lowest BCUT2D eigenvalue weighted by molar-refractivity contribution is -0.900. The molecule has 1 N–H and O–H groups in total. The molecule has 0 saturated carbocycles. The van der Waals surface area contributed by atoms with E-state index in [1.807, 2.05) is 12.1 Å². The van der Waals surface area contributed by atoms with Crippen LogP contribution < -0.4 is 25.6 Å². The highest BCUT2D eigenvalue weighted by atomic mass is 16.9. The molecule has 4 rings (SSSR count). The minimum atomic E-state index is -0.977. The van der Waals surface area contributed by atoms with Crippen LogP contribution in [0.5, 0.6) is 0 Å². The molecule has 1 aliphatic heterocycles. The number of para-hydroxylation sites is 3. The smallest absolute Gasteiger partial charge is 0.577 e. The number of hydrogen-bond donors (Lipinski definition) is 1. The van der Waals surface area contributed by atoms with E-state index in [9.17, 15) is 4.79 Å². The number of carbonyl (C=O) groups is 1. The minimum absolute atomic E-state index is 0.555. The van der Waals surface area contributed by atoms with Crippen molar-refractivity contribution in [1.29, 1.82) is 0 Å². The number of carbonyl (C=O) groups excluding carboxylic acids is 1. The molecular weight excluding hydrogens is 288 g/mol. The van der Waals surface area contributed by atoms with E-state index in [2.05, 4.69) is 21.3 Å². The lowest BCUT2D eigenvalue weighted by Gasteiger charge is -2.20. The van der Waals surface area contributed by atoms with Gasteiger partial charge in [0.25, 0.3) is 0 Å². The highest BCUT2D eigenvalue weighted by Gasteiger charge is 2.19. The summed E-state index contributed by atoms with van der Waals surface area (Å²) in [4.78, 5) is 22.9. The van der Waals surface area contributed by atoms with Crippen molar-refractivity contribution in [2.24, 2.45) is 0 Å². The highest BCUT2D eigenvalue weighted by Crippen LogP contribution is 2.35. The Bertz CT molecular complexity index is 848. The zero-order chi connectivity index (χ0) is 14.9. The lowest BCUT2D eigenvalue weighted by atomic mass is 10.3. The van der Waals surface area contributed by atoms with Gasteiger partial charge in [-0.3, -0.25) is 15.6 Å². The Morgan fingerprint density at radius 3 is 2.95 bits per heavy atom. The number of nitrogens with one attached hydrogen (secondary N) is 1. The van der Waals surface area contributed by atoms with Crippen molar-refractivity contribution >= 4 is 28.6 Å². The second-order valence-corrected chi connectivity index (χ2v) is 4.38. The fourth-order valence-electron chi connectivity index (χ4n) is 2.03. The fraction of sp³-hybridized carbons (Fsp3) is 0. The minimum Gasteiger partial charge on any atom is -0.599 e. The first-order valence-electron chi connectivity index (χ1n) is 6.37. The van der Waals surface area contributed by atoms with Crippen molar-refractivity contribution in [1.82, 2.24) is 15.8 Å². The van der Waals surface area contributed by atoms with Crippen molar-refractivity contribution in [3.05, 3.63) is 54.0 Å². The van der Waals surface area contributed by atoms with Gasteiger partial charge in [0.2, 0.25) is 11.0 Å². The standard InChI is InChI=1S/C13H9N6O3/c20-13(21-18-11-7-3-1-5-9(11)14-16-18)22-19-12-8-4-2-6-10(12)15-17-19/h1-8,16H/q-1. The normalized spacial score (nSPS) is 12.8. The van der Waals surface area contributed by atoms with E-state index in [0.717, 1.165) is 10.0 Å². The Balaban J connectivity index is 1.50. The summed E-state index contributed by atoms with van der Waals surface area (Å²) in [6.07, 6.45) is -0.977. The van der Waals surface area contributed by atoms with Gasteiger partial charge in [0.15, 0.2) is 0 Å². The maximum Gasteiger partial charge on any atom is 0.577 e. The van der Waals surface area contributed by atoms with Gasteiger partial charge in [-0.05, 0) is 18.2 Å². The predicted octanol–water partition coefficient (Wildman–Crippen LogP) is 0.905. The van der Waals surface area contributed by atoms with Crippen molar-refractivity contribution < 1.29 is 19.3 Å². The first-order valence-corrected chi connectivity index (χ1v) is 6.37. The average Bonchev–Trinajstić information content (AvgIpc) is 3.13. The molecule has 0 spiro atoms. The van der Waals surface area contributed by atoms with Gasteiger partial charge in [0.05, 0.1) is 5.69 Å². The van der Waals surface area contributed by atoms with Crippen molar-refractivity contribution in [3.8, 4) is 0 Å². The number of anilines is 1. The monoisotopic (exact) mass is 297 g/mol. The summed E-state index contributed by atoms with van der Waals surface area (Å²) < 4.78 is 0. The van der Waals surface area contributed by atoms with Crippen LogP contribution in [0.2, 0.25) is 0 Å². The van der Waals surface area contributed by atoms with Crippen LogP contribution in [-0.2, 0) is 4.84 Å². The van der Waals surface area contributed by atoms with E-state index < -0.39 is 6.16 Å². The van der Waals surface area contributed by atoms with E-state index in [1.54, 1.807) is 36.4 Å². The SMILES string of the molecule is O=C(ON1N[N-]c2ccccc21)O[n+]1[n-]nc2ccccc21. The van der Waals surface area contributed by atoms with Crippen molar-refractivity contribution in [2.75, 3.05) is 5.17 Å². The van der Waals surface area contributed by atoms with Gasteiger partial charge in [-0.1, -0.05) is 36.0 Å². The van der Waals surface area contributed by atoms with E-state index in [0.29, 0.717) is 22.4 Å². The van der Waals surface area contributed by atoms with Gasteiger partial charge in [-0.25, -0.2) is 4.84 Å². The van der Waals surface area contributed by atoms with E-state index in [1.165, 1.54) is 0 Å². The molecule has 0 bridgehead atoms. The zero-order valence-corrected chi connectivity index (χ0v) is 11.1. The van der Waals surface area contributed by atoms with Crippen LogP contribution in [0.4, 0.5) is 16.2 Å². The van der Waals surface area contributed by atoms with Gasteiger partial charge in [0.1, 0.15) is 0 Å². The number of rotatable bonds is 2. The molecular formula is C13H9N6O3-. The molecule has 0 unspecified atom stereocenters. The quantitative estimate of drug-likeness (QED) is 0.554. The molecule has 1 aliphatic rings. The number of benzene rings is 2. The van der Waals surface area contributed by atoms with Crippen LogP contribution in [0.15, 0.2) is 48.5 Å². The molecule has 0 atom stereocenters. The van der Waals surface area contributed by atoms with Gasteiger partial charge in [-0.15, -0.1) is 15.1 Å². The van der Waals surface area contributed by atoms with Crippen LogP contribution in [0.1, 0.15) is 0 Å². The Morgan fingerprint density at radius 1 is 1.18 bits per heavy atom. The zero-order valence-electron chi connectivity index (χ0n) is 11.1. The van der Waals surface area contributed by atoms with E-state index in [-0.39, 0.29) is 0 Å². The summed E-state index contributed by atoms with van der Waals surface area (Å²) in [5, 5.41) is 8.72. The molecule has 0 saturated heterocycles. The molecule has 1 aromatic heterocycles. The number of fused-ring (bicyclic) bond motifs is 2. The van der Waals surface area contributed by atoms with Crippen molar-refractivity contribution in [2.45, 2.75) is 0 Å². The molecule has 0 radical (unpaired) electrons. The Hall–Kier alpha value is -3.33. The molecule has 22 heavy (non-hydrogen) atoms. The van der Waals surface area contributed by atoms with Gasteiger partial charge in [-0.2, -0.15) is 4.79 Å². The van der Waals surface area contributed by atoms with Gasteiger partial charge >= 0.3 is 6.16 Å². The number of hydrogen-bond acceptors (Lipinski definition) is 6. The molecule has 0 amide bonds. The third-order valence-corrected chi connectivity index (χ3v) is 3.01. The molecule has 0 aliphatic carbocycles. The van der Waals surface area contributed by atoms with Crippen LogP contribution in [-0.4, -0.2) is 11.3 Å². The Morgan fingerprint density at radius 2 is 2.00 bits per heavy atom. The van der Waals surface area contributed by atoms with E-state index in [4.69, 9.17) is 9.68 Å². The second-order valence-electron chi connectivity index (χ2n) is 4.38. The van der Waals surface area contributed by atoms with Crippen molar-refractivity contribution in [3.63, 3.8) is 0 Å². The average molecular weight is 297 g/mol. The molecule has 110 valence electrons. The topological polar surface area (TPSA) is 95.8 Å². The summed E-state index contributed by atoms with van der Waals surface area (Å²) in [6.45, 7) is 0. The Labute approximate surface area is 123 Å². The summed E-state index contributed by atoms with van der Waals surface area (Å²) in [7, 11) is 0. The molecule has 2 aromatic carbocycles. The first-order chi connectivity index (χ1) is 10.8. The molecule has 9 heteroatoms. The second kappa shape index (κ2) is 4.90. The third kappa shape index (κ3) is 2.05. The number of aromatic nitrogens is 3. The molecule has 0 fully saturated rings. The number of nitrogens with zero attached hydrogens (tertiary/aromatic N) is 5. The summed E-state index contributed by atoms with van der Waals surface area (Å²) in [6, 6.07) is 14.2. The summed E-state index contributed by atoms with van der Waals surface area (Å²) in [5.41, 5.74) is 8.96. The molecule has 9 nitrogen and oxygen atoms in total. The fourth-order valence-corrected chi connectivity index (χ4v) is 2.03. The van der Waals surface area contributed by atoms with Crippen LogP contribution in [0.25, 0.3) is 16.5 Å². The van der Waals surface area contributed by atoms with Crippen LogP contribution in [0, 0.1) is 0 Å². The van der Waals surface area contributed by atoms with Crippen LogP contribution in [0.3, 0.4) is 0 Å². The first kappa shape index (κ1) is 12.4. The van der Waals surface area contributed by atoms with Crippen LogP contribution >= 0.6 is 0 Å². The summed E-state index contributed by atoms with van der Waals surface area (Å²) >= 11 is 0. The third-order valence-electron chi connectivity index (χ3n) is 3.01. The maximum absolute atomic E-state index is 11.9. The lowest BCUT2D eigenvalue weighted by Crippen LogP contribution is -2.51. The summed E-state index contributed by atoms with van der Waals surface area (Å²) in [5.74, 6) is 0. The van der Waals surface area contributed by atoms with Gasteiger partial charge in [0, 0.05) is 0 Å². The Kier molecular flexibility index (Phi) is 2.76. The molecule has 2 heterocycles. The molecule has 3 aromatic rings. The van der Waals surface area contributed by atoms with E-state index >= 15 is 0 Å². The highest BCUT2D eigenvalue weighted by molar-refractivity contribution is 5.76. The van der Waals surface area contributed by atoms with Gasteiger partial charge < -0.3 is 5.43 Å². The largest absolute Gasteiger partial charge is 0.599 e. The predicted molar refractivity (Wildman–Crippen MR) is 73.4 cm³/mol. The number of hydrazine groups is 1.